The Kier molecular flexibility index (Phi) is 2.78. The summed E-state index contributed by atoms with van der Waals surface area (Å²) in [5.41, 5.74) is 5.68. The largest absolute Gasteiger partial charge is 0.368 e. The SMILES string of the molecule is CCC1(c2nc(N)nc(Cl)n2)CCCC1. The Bertz CT molecular complexity index is 340. The first-order valence-electron chi connectivity index (χ1n) is 5.34. The first kappa shape index (κ1) is 10.6. The van der Waals surface area contributed by atoms with Crippen LogP contribution in [-0.2, 0) is 5.41 Å². The summed E-state index contributed by atoms with van der Waals surface area (Å²) in [6.45, 7) is 2.17. The van der Waals surface area contributed by atoms with Crippen molar-refractivity contribution in [1.29, 1.82) is 0 Å². The lowest BCUT2D eigenvalue weighted by Gasteiger charge is -2.25. The lowest BCUT2D eigenvalue weighted by molar-refractivity contribution is 0.397. The predicted octanol–water partition coefficient (Wildman–Crippen LogP) is 2.33. The second-order valence-corrected chi connectivity index (χ2v) is 4.47. The molecule has 1 fully saturated rings. The molecule has 1 aliphatic carbocycles. The highest BCUT2D eigenvalue weighted by molar-refractivity contribution is 6.28. The van der Waals surface area contributed by atoms with Gasteiger partial charge in [-0.05, 0) is 30.9 Å². The summed E-state index contributed by atoms with van der Waals surface area (Å²) in [4.78, 5) is 12.2. The average molecular weight is 227 g/mol. The van der Waals surface area contributed by atoms with Gasteiger partial charge in [-0.2, -0.15) is 9.97 Å². The van der Waals surface area contributed by atoms with Gasteiger partial charge < -0.3 is 5.73 Å². The van der Waals surface area contributed by atoms with Crippen LogP contribution in [0.5, 0.6) is 0 Å². The standard InChI is InChI=1S/C10H15ClN4/c1-2-10(5-3-4-6-10)7-13-8(11)15-9(12)14-7/h2-6H2,1H3,(H2,12,13,14,15). The molecule has 2 N–H and O–H groups in total. The molecular weight excluding hydrogens is 212 g/mol. The van der Waals surface area contributed by atoms with E-state index in [0.29, 0.717) is 0 Å². The van der Waals surface area contributed by atoms with Gasteiger partial charge in [0.1, 0.15) is 5.82 Å². The molecule has 0 aliphatic heterocycles. The van der Waals surface area contributed by atoms with Crippen molar-refractivity contribution in [3.63, 3.8) is 0 Å². The summed E-state index contributed by atoms with van der Waals surface area (Å²) < 4.78 is 0. The highest BCUT2D eigenvalue weighted by Crippen LogP contribution is 2.42. The van der Waals surface area contributed by atoms with Gasteiger partial charge in [-0.3, -0.25) is 0 Å². The van der Waals surface area contributed by atoms with E-state index in [4.69, 9.17) is 17.3 Å². The summed E-state index contributed by atoms with van der Waals surface area (Å²) in [7, 11) is 0. The quantitative estimate of drug-likeness (QED) is 0.841. The van der Waals surface area contributed by atoms with Crippen LogP contribution in [0.15, 0.2) is 0 Å². The van der Waals surface area contributed by atoms with Gasteiger partial charge in [0.2, 0.25) is 11.2 Å². The number of nitrogen functional groups attached to an aromatic ring is 1. The monoisotopic (exact) mass is 226 g/mol. The number of nitrogens with zero attached hydrogens (tertiary/aromatic N) is 3. The van der Waals surface area contributed by atoms with Crippen LogP contribution in [0.2, 0.25) is 5.28 Å². The number of aromatic nitrogens is 3. The fourth-order valence-electron chi connectivity index (χ4n) is 2.39. The number of anilines is 1. The van der Waals surface area contributed by atoms with Crippen molar-refractivity contribution < 1.29 is 0 Å². The lowest BCUT2D eigenvalue weighted by Crippen LogP contribution is -2.25. The van der Waals surface area contributed by atoms with Crippen LogP contribution >= 0.6 is 11.6 Å². The molecule has 15 heavy (non-hydrogen) atoms. The molecule has 0 unspecified atom stereocenters. The minimum Gasteiger partial charge on any atom is -0.368 e. The van der Waals surface area contributed by atoms with Crippen molar-refractivity contribution in [1.82, 2.24) is 15.0 Å². The second-order valence-electron chi connectivity index (χ2n) is 4.13. The molecule has 1 aromatic rings. The lowest BCUT2D eigenvalue weighted by atomic mass is 9.82. The number of nitrogens with two attached hydrogens (primary N) is 1. The zero-order chi connectivity index (χ0) is 10.9. The van der Waals surface area contributed by atoms with Crippen LogP contribution in [0.1, 0.15) is 44.9 Å². The molecule has 0 saturated heterocycles. The maximum atomic E-state index is 5.81. The normalized spacial score (nSPS) is 19.3. The third-order valence-electron chi connectivity index (χ3n) is 3.34. The molecule has 0 spiro atoms. The molecule has 0 aromatic carbocycles. The zero-order valence-electron chi connectivity index (χ0n) is 8.83. The van der Waals surface area contributed by atoms with Crippen LogP contribution in [0.25, 0.3) is 0 Å². The van der Waals surface area contributed by atoms with Gasteiger partial charge in [0.15, 0.2) is 0 Å². The molecule has 0 amide bonds. The smallest absolute Gasteiger partial charge is 0.227 e. The first-order chi connectivity index (χ1) is 7.16. The van der Waals surface area contributed by atoms with Gasteiger partial charge in [-0.25, -0.2) is 4.98 Å². The molecule has 1 heterocycles. The van der Waals surface area contributed by atoms with Crippen molar-refractivity contribution in [3.8, 4) is 0 Å². The molecule has 4 nitrogen and oxygen atoms in total. The van der Waals surface area contributed by atoms with Crippen LogP contribution < -0.4 is 5.73 Å². The molecule has 0 atom stereocenters. The molecular formula is C10H15ClN4. The number of hydrogen-bond acceptors (Lipinski definition) is 4. The van der Waals surface area contributed by atoms with Gasteiger partial charge in [0.05, 0.1) is 0 Å². The molecule has 0 bridgehead atoms. The van der Waals surface area contributed by atoms with E-state index in [9.17, 15) is 0 Å². The fourth-order valence-corrected chi connectivity index (χ4v) is 2.56. The van der Waals surface area contributed by atoms with E-state index < -0.39 is 0 Å². The minimum atomic E-state index is 0.0840. The van der Waals surface area contributed by atoms with Gasteiger partial charge in [-0.1, -0.05) is 19.8 Å². The van der Waals surface area contributed by atoms with Crippen molar-refractivity contribution in [2.75, 3.05) is 5.73 Å². The molecule has 0 radical (unpaired) electrons. The Labute approximate surface area is 94.3 Å². The first-order valence-corrected chi connectivity index (χ1v) is 5.72. The number of halogens is 1. The second kappa shape index (κ2) is 3.93. The third-order valence-corrected chi connectivity index (χ3v) is 3.51. The van der Waals surface area contributed by atoms with E-state index in [0.717, 1.165) is 25.1 Å². The van der Waals surface area contributed by atoms with E-state index in [2.05, 4.69) is 21.9 Å². The molecule has 2 rings (SSSR count). The zero-order valence-corrected chi connectivity index (χ0v) is 9.59. The number of rotatable bonds is 2. The fraction of sp³-hybridized carbons (Fsp3) is 0.700. The minimum absolute atomic E-state index is 0.0840. The Morgan fingerprint density at radius 2 is 1.93 bits per heavy atom. The van der Waals surface area contributed by atoms with Crippen molar-refractivity contribution in [3.05, 3.63) is 11.1 Å². The van der Waals surface area contributed by atoms with E-state index in [1.807, 2.05) is 0 Å². The molecule has 1 aromatic heterocycles. The highest BCUT2D eigenvalue weighted by atomic mass is 35.5. The summed E-state index contributed by atoms with van der Waals surface area (Å²) in [5.74, 6) is 1.00. The van der Waals surface area contributed by atoms with Gasteiger partial charge in [0.25, 0.3) is 0 Å². The highest BCUT2D eigenvalue weighted by Gasteiger charge is 2.37. The Morgan fingerprint density at radius 1 is 1.27 bits per heavy atom. The Balaban J connectivity index is 2.42. The molecule has 5 heteroatoms. The van der Waals surface area contributed by atoms with Crippen molar-refractivity contribution in [2.45, 2.75) is 44.4 Å². The molecule has 1 aliphatic rings. The van der Waals surface area contributed by atoms with E-state index in [1.165, 1.54) is 12.8 Å². The van der Waals surface area contributed by atoms with Crippen molar-refractivity contribution >= 4 is 17.5 Å². The maximum Gasteiger partial charge on any atom is 0.227 e. The van der Waals surface area contributed by atoms with Crippen LogP contribution in [0.4, 0.5) is 5.95 Å². The average Bonchev–Trinajstić information content (AvgIpc) is 2.65. The predicted molar refractivity (Wildman–Crippen MR) is 59.7 cm³/mol. The summed E-state index contributed by atoms with van der Waals surface area (Å²) in [5, 5.41) is 0.206. The van der Waals surface area contributed by atoms with E-state index >= 15 is 0 Å². The summed E-state index contributed by atoms with van der Waals surface area (Å²) in [6, 6.07) is 0. The van der Waals surface area contributed by atoms with Crippen LogP contribution in [0, 0.1) is 0 Å². The Morgan fingerprint density at radius 3 is 2.47 bits per heavy atom. The third kappa shape index (κ3) is 1.91. The van der Waals surface area contributed by atoms with Crippen LogP contribution in [-0.4, -0.2) is 15.0 Å². The summed E-state index contributed by atoms with van der Waals surface area (Å²) in [6.07, 6.45) is 5.76. The number of hydrogen-bond donors (Lipinski definition) is 1. The van der Waals surface area contributed by atoms with Crippen molar-refractivity contribution in [2.24, 2.45) is 0 Å². The van der Waals surface area contributed by atoms with E-state index in [-0.39, 0.29) is 16.6 Å². The Hall–Kier alpha value is -0.900. The summed E-state index contributed by atoms with van der Waals surface area (Å²) >= 11 is 5.81. The van der Waals surface area contributed by atoms with E-state index in [1.54, 1.807) is 0 Å². The molecule has 82 valence electrons. The molecule has 1 saturated carbocycles. The maximum absolute atomic E-state index is 5.81. The van der Waals surface area contributed by atoms with Gasteiger partial charge >= 0.3 is 0 Å². The van der Waals surface area contributed by atoms with Gasteiger partial charge in [-0.15, -0.1) is 0 Å². The van der Waals surface area contributed by atoms with Gasteiger partial charge in [0, 0.05) is 5.41 Å². The van der Waals surface area contributed by atoms with Crippen LogP contribution in [0.3, 0.4) is 0 Å². The topological polar surface area (TPSA) is 64.7 Å².